The van der Waals surface area contributed by atoms with Crippen molar-refractivity contribution < 1.29 is 4.74 Å². The van der Waals surface area contributed by atoms with E-state index < -0.39 is 7.26 Å². The van der Waals surface area contributed by atoms with Crippen molar-refractivity contribution in [1.82, 2.24) is 0 Å². The van der Waals surface area contributed by atoms with E-state index >= 15 is 0 Å². The fraction of sp³-hybridized carbons (Fsp3) is 0.103. The smallest absolute Gasteiger partial charge is 0.119 e. The van der Waals surface area contributed by atoms with E-state index in [0.29, 0.717) is 0 Å². The van der Waals surface area contributed by atoms with Gasteiger partial charge in [0.25, 0.3) is 0 Å². The Balaban J connectivity index is 1.81. The summed E-state index contributed by atoms with van der Waals surface area (Å²) in [6.45, 7) is 0. The molecule has 154 valence electrons. The number of benzene rings is 4. The quantitative estimate of drug-likeness (QED) is 0.291. The molecule has 1 nitrogen and oxygen atoms in total. The molecule has 0 amide bonds. The van der Waals surface area contributed by atoms with Crippen molar-refractivity contribution in [3.63, 3.8) is 0 Å². The minimum atomic E-state index is -1.73. The topological polar surface area (TPSA) is 9.23 Å². The van der Waals surface area contributed by atoms with Crippen LogP contribution < -0.4 is 15.3 Å². The van der Waals surface area contributed by atoms with Gasteiger partial charge in [0, 0.05) is 0 Å². The highest BCUT2D eigenvalue weighted by Crippen LogP contribution is 2.59. The summed E-state index contributed by atoms with van der Waals surface area (Å²) in [7, 11) is 0.00217. The molecule has 0 saturated heterocycles. The Kier molecular flexibility index (Phi) is 6.97. The van der Waals surface area contributed by atoms with Crippen LogP contribution in [0.2, 0.25) is 0 Å². The zero-order valence-electron chi connectivity index (χ0n) is 17.9. The van der Waals surface area contributed by atoms with Gasteiger partial charge in [-0.05, 0) is 53.6 Å². The van der Waals surface area contributed by atoms with E-state index in [9.17, 15) is 0 Å². The molecular weight excluding hydrogens is 395 g/mol. The van der Waals surface area contributed by atoms with Gasteiger partial charge in [-0.15, -0.1) is 0 Å². The highest BCUT2D eigenvalue weighted by atomic mass is 31.2. The maximum absolute atomic E-state index is 5.52. The van der Waals surface area contributed by atoms with Crippen LogP contribution in [0.3, 0.4) is 0 Å². The maximum atomic E-state index is 5.52. The first-order valence-corrected chi connectivity index (χ1v) is 12.8. The summed E-state index contributed by atoms with van der Waals surface area (Å²) in [6, 6.07) is 41.2. The molecule has 0 radical (unpaired) electrons. The van der Waals surface area contributed by atoms with Crippen LogP contribution >= 0.6 is 7.26 Å². The molecule has 0 heterocycles. The third kappa shape index (κ3) is 5.13. The minimum Gasteiger partial charge on any atom is -0.497 e. The molecule has 0 aliphatic carbocycles. The van der Waals surface area contributed by atoms with Crippen molar-refractivity contribution in [1.29, 1.82) is 0 Å². The Morgan fingerprint density at radius 1 is 0.677 bits per heavy atom. The average molecular weight is 424 g/mol. The molecule has 0 bridgehead atoms. The van der Waals surface area contributed by atoms with E-state index in [0.717, 1.165) is 18.1 Å². The molecule has 0 atom stereocenters. The molecular formula is C29H28OP+. The summed E-state index contributed by atoms with van der Waals surface area (Å²) < 4.78 is 5.52. The van der Waals surface area contributed by atoms with Gasteiger partial charge in [0.1, 0.15) is 5.75 Å². The van der Waals surface area contributed by atoms with Gasteiger partial charge in [0.2, 0.25) is 0 Å². The van der Waals surface area contributed by atoms with Crippen LogP contribution in [-0.2, 0) is 6.16 Å². The van der Waals surface area contributed by atoms with Crippen LogP contribution in [-0.4, -0.2) is 13.3 Å². The molecule has 4 rings (SSSR count). The Bertz CT molecular complexity index is 1070. The summed E-state index contributed by atoms with van der Waals surface area (Å²) in [6.07, 6.45) is 6.62. The molecule has 4 aromatic carbocycles. The lowest BCUT2D eigenvalue weighted by molar-refractivity contribution is 0.414. The SMILES string of the molecule is COc1cccc(C[P+](CC=Cc2ccccc2)(c2ccccc2)c2ccccc2)c1. The lowest BCUT2D eigenvalue weighted by Gasteiger charge is -2.27. The van der Waals surface area contributed by atoms with Gasteiger partial charge in [-0.1, -0.05) is 84.9 Å². The summed E-state index contributed by atoms with van der Waals surface area (Å²) in [4.78, 5) is 0. The van der Waals surface area contributed by atoms with Crippen LogP contribution in [0.4, 0.5) is 0 Å². The summed E-state index contributed by atoms with van der Waals surface area (Å²) in [5, 5.41) is 2.86. The summed E-state index contributed by atoms with van der Waals surface area (Å²) in [5.41, 5.74) is 2.55. The van der Waals surface area contributed by atoms with Crippen LogP contribution in [0, 0.1) is 0 Å². The van der Waals surface area contributed by atoms with Gasteiger partial charge in [0.05, 0.1) is 37.3 Å². The molecule has 0 spiro atoms. The average Bonchev–Trinajstić information content (AvgIpc) is 2.85. The highest BCUT2D eigenvalue weighted by Gasteiger charge is 2.41. The standard InChI is InChI=1S/C29H28OP/c1-30-27-17-11-15-26(23-27)24-31(28-18-7-3-8-19-28,29-20-9-4-10-21-29)22-12-16-25-13-5-2-6-14-25/h2-21,23H,22,24H2,1H3/q+1. The third-order valence-electron chi connectivity index (χ3n) is 5.61. The van der Waals surface area contributed by atoms with Crippen LogP contribution in [0.5, 0.6) is 5.75 Å². The second kappa shape index (κ2) is 10.2. The number of ether oxygens (including phenoxy) is 1. The number of methoxy groups -OCH3 is 1. The van der Waals surface area contributed by atoms with Crippen LogP contribution in [0.25, 0.3) is 6.08 Å². The van der Waals surface area contributed by atoms with Gasteiger partial charge in [-0.2, -0.15) is 0 Å². The second-order valence-electron chi connectivity index (χ2n) is 7.64. The number of hydrogen-bond donors (Lipinski definition) is 0. The van der Waals surface area contributed by atoms with Crippen LogP contribution in [0.15, 0.2) is 121 Å². The Hall–Kier alpha value is -3.15. The Morgan fingerprint density at radius 2 is 1.26 bits per heavy atom. The fourth-order valence-electron chi connectivity index (χ4n) is 4.05. The van der Waals surface area contributed by atoms with Crippen molar-refractivity contribution in [3.05, 3.63) is 132 Å². The third-order valence-corrected chi connectivity index (χ3v) is 9.93. The molecule has 0 aromatic heterocycles. The molecule has 0 unspecified atom stereocenters. The fourth-order valence-corrected chi connectivity index (χ4v) is 8.03. The van der Waals surface area contributed by atoms with Crippen molar-refractivity contribution >= 4 is 23.9 Å². The first-order valence-electron chi connectivity index (χ1n) is 10.6. The highest BCUT2D eigenvalue weighted by molar-refractivity contribution is 7.89. The van der Waals surface area contributed by atoms with Gasteiger partial charge in [0.15, 0.2) is 0 Å². The summed E-state index contributed by atoms with van der Waals surface area (Å²) >= 11 is 0. The predicted molar refractivity (Wildman–Crippen MR) is 136 cm³/mol. The first-order chi connectivity index (χ1) is 15.3. The van der Waals surface area contributed by atoms with E-state index in [1.165, 1.54) is 21.7 Å². The van der Waals surface area contributed by atoms with Crippen molar-refractivity contribution in [2.45, 2.75) is 6.16 Å². The molecule has 0 N–H and O–H groups in total. The molecule has 31 heavy (non-hydrogen) atoms. The van der Waals surface area contributed by atoms with Gasteiger partial charge >= 0.3 is 0 Å². The number of rotatable bonds is 8. The van der Waals surface area contributed by atoms with E-state index in [2.05, 4.69) is 121 Å². The van der Waals surface area contributed by atoms with E-state index in [-0.39, 0.29) is 0 Å². The number of hydrogen-bond acceptors (Lipinski definition) is 1. The van der Waals surface area contributed by atoms with Crippen LogP contribution in [0.1, 0.15) is 11.1 Å². The zero-order chi connectivity index (χ0) is 21.4. The molecule has 0 saturated carbocycles. The molecule has 2 heteroatoms. The van der Waals surface area contributed by atoms with Crippen molar-refractivity contribution in [3.8, 4) is 5.75 Å². The van der Waals surface area contributed by atoms with Crippen molar-refractivity contribution in [2.24, 2.45) is 0 Å². The first kappa shape index (κ1) is 21.1. The normalized spacial score (nSPS) is 11.5. The van der Waals surface area contributed by atoms with Crippen molar-refractivity contribution in [2.75, 3.05) is 13.3 Å². The molecule has 0 aliphatic rings. The van der Waals surface area contributed by atoms with E-state index in [1.54, 1.807) is 7.11 Å². The minimum absolute atomic E-state index is 0.913. The lowest BCUT2D eigenvalue weighted by atomic mass is 10.2. The lowest BCUT2D eigenvalue weighted by Crippen LogP contribution is -2.26. The Morgan fingerprint density at radius 3 is 1.84 bits per heavy atom. The molecule has 0 fully saturated rings. The second-order valence-corrected chi connectivity index (χ2v) is 11.3. The maximum Gasteiger partial charge on any atom is 0.119 e. The monoisotopic (exact) mass is 423 g/mol. The summed E-state index contributed by atoms with van der Waals surface area (Å²) in [5.74, 6) is 0.913. The molecule has 0 aliphatic heterocycles. The molecule has 4 aromatic rings. The van der Waals surface area contributed by atoms with Gasteiger partial charge in [-0.25, -0.2) is 0 Å². The van der Waals surface area contributed by atoms with E-state index in [1.807, 2.05) is 6.07 Å². The predicted octanol–water partition coefficient (Wildman–Crippen LogP) is 6.58. The largest absolute Gasteiger partial charge is 0.497 e. The zero-order valence-corrected chi connectivity index (χ0v) is 18.8. The van der Waals surface area contributed by atoms with Gasteiger partial charge in [-0.3, -0.25) is 0 Å². The number of allylic oxidation sites excluding steroid dienone is 1. The van der Waals surface area contributed by atoms with E-state index in [4.69, 9.17) is 4.74 Å². The Labute approximate surface area is 186 Å². The van der Waals surface area contributed by atoms with Gasteiger partial charge < -0.3 is 4.74 Å².